The zero-order chi connectivity index (χ0) is 15.4. The van der Waals surface area contributed by atoms with Crippen molar-refractivity contribution < 1.29 is 14.7 Å². The molecule has 0 spiro atoms. The number of carbonyl (C=O) groups excluding carboxylic acids is 1. The summed E-state index contributed by atoms with van der Waals surface area (Å²) in [5.41, 5.74) is 1.44. The fraction of sp³-hybridized carbons (Fsp3) is 0.250. The van der Waals surface area contributed by atoms with E-state index in [-0.39, 0.29) is 11.7 Å². The van der Waals surface area contributed by atoms with Crippen molar-refractivity contribution in [3.8, 4) is 0 Å². The highest BCUT2D eigenvalue weighted by Gasteiger charge is 2.21. The first kappa shape index (κ1) is 15.4. The molecule has 0 aliphatic rings. The van der Waals surface area contributed by atoms with Gasteiger partial charge in [-0.15, -0.1) is 0 Å². The highest BCUT2D eigenvalue weighted by Crippen LogP contribution is 2.23. The molecule has 110 valence electrons. The maximum atomic E-state index is 12.5. The fourth-order valence-electron chi connectivity index (χ4n) is 2.30. The maximum absolute atomic E-state index is 12.5. The van der Waals surface area contributed by atoms with Crippen molar-refractivity contribution in [2.45, 2.75) is 19.4 Å². The Bertz CT molecular complexity index is 684. The first-order chi connectivity index (χ1) is 10.1. The Morgan fingerprint density at radius 3 is 2.57 bits per heavy atom. The van der Waals surface area contributed by atoms with Gasteiger partial charge in [0, 0.05) is 5.75 Å². The third-order valence-corrected chi connectivity index (χ3v) is 3.77. The summed E-state index contributed by atoms with van der Waals surface area (Å²) >= 11 is 3.97. The second-order valence-electron chi connectivity index (χ2n) is 4.72. The molecule has 1 atom stereocenters. The summed E-state index contributed by atoms with van der Waals surface area (Å²) < 4.78 is 0. The van der Waals surface area contributed by atoms with Crippen LogP contribution in [0.4, 0.5) is 0 Å². The molecule has 2 N–H and O–H groups in total. The summed E-state index contributed by atoms with van der Waals surface area (Å²) in [6.45, 7) is 1.97. The van der Waals surface area contributed by atoms with Crippen molar-refractivity contribution in [1.29, 1.82) is 0 Å². The Hall–Kier alpha value is -2.01. The van der Waals surface area contributed by atoms with Gasteiger partial charge in [-0.1, -0.05) is 43.3 Å². The van der Waals surface area contributed by atoms with E-state index < -0.39 is 12.0 Å². The maximum Gasteiger partial charge on any atom is 0.327 e. The van der Waals surface area contributed by atoms with Gasteiger partial charge in [-0.3, -0.25) is 4.79 Å². The van der Waals surface area contributed by atoms with Gasteiger partial charge in [0.05, 0.1) is 5.56 Å². The number of thiol groups is 1. The number of amides is 1. The molecule has 2 aromatic rings. The van der Waals surface area contributed by atoms with Crippen LogP contribution >= 0.6 is 12.6 Å². The molecule has 0 aromatic heterocycles. The molecule has 0 radical (unpaired) electrons. The Balaban J connectivity index is 2.48. The fourth-order valence-corrected chi connectivity index (χ4v) is 2.54. The van der Waals surface area contributed by atoms with Crippen LogP contribution in [0.5, 0.6) is 0 Å². The summed E-state index contributed by atoms with van der Waals surface area (Å²) in [4.78, 5) is 23.6. The van der Waals surface area contributed by atoms with E-state index >= 15 is 0 Å². The van der Waals surface area contributed by atoms with E-state index in [1.165, 1.54) is 0 Å². The van der Waals surface area contributed by atoms with E-state index in [9.17, 15) is 9.59 Å². The number of carboxylic acid groups (broad SMARTS) is 1. The van der Waals surface area contributed by atoms with E-state index in [1.807, 2.05) is 43.3 Å². The number of aryl methyl sites for hydroxylation is 1. The third kappa shape index (κ3) is 3.19. The molecule has 0 bridgehead atoms. The number of benzene rings is 2. The lowest BCUT2D eigenvalue weighted by atomic mass is 9.96. The van der Waals surface area contributed by atoms with E-state index in [0.717, 1.165) is 16.3 Å². The quantitative estimate of drug-likeness (QED) is 0.744. The number of hydrogen-bond donors (Lipinski definition) is 3. The SMILES string of the molecule is CCc1ccc2ccccc2c1C(=O)N[C@@H](CS)C(=O)O. The largest absolute Gasteiger partial charge is 0.480 e. The van der Waals surface area contributed by atoms with Crippen LogP contribution in [0.1, 0.15) is 22.8 Å². The number of carboxylic acids is 1. The molecule has 0 heterocycles. The summed E-state index contributed by atoms with van der Waals surface area (Å²) in [6, 6.07) is 10.5. The van der Waals surface area contributed by atoms with Crippen LogP contribution in [0.25, 0.3) is 10.8 Å². The molecule has 0 saturated carbocycles. The molecule has 0 unspecified atom stereocenters. The van der Waals surface area contributed by atoms with Crippen LogP contribution in [0.2, 0.25) is 0 Å². The van der Waals surface area contributed by atoms with Crippen molar-refractivity contribution in [2.24, 2.45) is 0 Å². The average molecular weight is 303 g/mol. The first-order valence-corrected chi connectivity index (χ1v) is 7.36. The molecule has 0 aliphatic heterocycles. The van der Waals surface area contributed by atoms with Gasteiger partial charge in [-0.25, -0.2) is 4.79 Å². The van der Waals surface area contributed by atoms with Crippen LogP contribution < -0.4 is 5.32 Å². The number of carbonyl (C=O) groups is 2. The van der Waals surface area contributed by atoms with E-state index in [1.54, 1.807) is 0 Å². The number of hydrogen-bond acceptors (Lipinski definition) is 3. The Morgan fingerprint density at radius 1 is 1.24 bits per heavy atom. The molecule has 2 aromatic carbocycles. The van der Waals surface area contributed by atoms with Gasteiger partial charge >= 0.3 is 5.97 Å². The van der Waals surface area contributed by atoms with E-state index in [4.69, 9.17) is 5.11 Å². The van der Waals surface area contributed by atoms with E-state index in [0.29, 0.717) is 12.0 Å². The van der Waals surface area contributed by atoms with Gasteiger partial charge in [0.15, 0.2) is 0 Å². The van der Waals surface area contributed by atoms with Gasteiger partial charge in [0.2, 0.25) is 0 Å². The normalized spacial score (nSPS) is 12.1. The molecule has 0 fully saturated rings. The lowest BCUT2D eigenvalue weighted by Crippen LogP contribution is -2.42. The second kappa shape index (κ2) is 6.63. The van der Waals surface area contributed by atoms with Crippen molar-refractivity contribution in [3.05, 3.63) is 47.5 Å². The third-order valence-electron chi connectivity index (χ3n) is 3.41. The summed E-state index contributed by atoms with van der Waals surface area (Å²) in [5, 5.41) is 13.4. The molecule has 1 amide bonds. The smallest absolute Gasteiger partial charge is 0.327 e. The number of aliphatic carboxylic acids is 1. The van der Waals surface area contributed by atoms with Crippen molar-refractivity contribution in [3.63, 3.8) is 0 Å². The minimum Gasteiger partial charge on any atom is -0.480 e. The van der Waals surface area contributed by atoms with Crippen LogP contribution in [-0.4, -0.2) is 28.8 Å². The number of nitrogens with one attached hydrogen (secondary N) is 1. The van der Waals surface area contributed by atoms with Gasteiger partial charge in [0.1, 0.15) is 6.04 Å². The van der Waals surface area contributed by atoms with Crippen LogP contribution in [-0.2, 0) is 11.2 Å². The predicted molar refractivity (Wildman–Crippen MR) is 86.1 cm³/mol. The lowest BCUT2D eigenvalue weighted by molar-refractivity contribution is -0.138. The minimum atomic E-state index is -1.09. The lowest BCUT2D eigenvalue weighted by Gasteiger charge is -2.15. The summed E-state index contributed by atoms with van der Waals surface area (Å²) in [6.07, 6.45) is 0.701. The van der Waals surface area contributed by atoms with Gasteiger partial charge < -0.3 is 10.4 Å². The van der Waals surface area contributed by atoms with Gasteiger partial charge in [0.25, 0.3) is 5.91 Å². The molecular weight excluding hydrogens is 286 g/mol. The van der Waals surface area contributed by atoms with Gasteiger partial charge in [-0.2, -0.15) is 12.6 Å². The summed E-state index contributed by atoms with van der Waals surface area (Å²) in [7, 11) is 0. The van der Waals surface area contributed by atoms with Crippen LogP contribution in [0, 0.1) is 0 Å². The van der Waals surface area contributed by atoms with Crippen molar-refractivity contribution in [2.75, 3.05) is 5.75 Å². The second-order valence-corrected chi connectivity index (χ2v) is 5.09. The highest BCUT2D eigenvalue weighted by molar-refractivity contribution is 7.80. The monoisotopic (exact) mass is 303 g/mol. The Morgan fingerprint density at radius 2 is 1.95 bits per heavy atom. The molecule has 4 nitrogen and oxygen atoms in total. The number of rotatable bonds is 5. The zero-order valence-corrected chi connectivity index (χ0v) is 12.6. The highest BCUT2D eigenvalue weighted by atomic mass is 32.1. The van der Waals surface area contributed by atoms with E-state index in [2.05, 4.69) is 17.9 Å². The van der Waals surface area contributed by atoms with Crippen LogP contribution in [0.3, 0.4) is 0 Å². The van der Waals surface area contributed by atoms with Crippen molar-refractivity contribution >= 4 is 35.3 Å². The topological polar surface area (TPSA) is 66.4 Å². The molecule has 0 saturated heterocycles. The molecule has 21 heavy (non-hydrogen) atoms. The van der Waals surface area contributed by atoms with Crippen molar-refractivity contribution in [1.82, 2.24) is 5.32 Å². The Kier molecular flexibility index (Phi) is 4.85. The van der Waals surface area contributed by atoms with Crippen LogP contribution in [0.15, 0.2) is 36.4 Å². The zero-order valence-electron chi connectivity index (χ0n) is 11.7. The number of fused-ring (bicyclic) bond motifs is 1. The molecular formula is C16H17NO3S. The predicted octanol–water partition coefficient (Wildman–Crippen LogP) is 2.52. The molecule has 5 heteroatoms. The molecule has 2 rings (SSSR count). The average Bonchev–Trinajstić information content (AvgIpc) is 2.50. The summed E-state index contributed by atoms with van der Waals surface area (Å²) in [5.74, 6) is -1.41. The van der Waals surface area contributed by atoms with Gasteiger partial charge in [-0.05, 0) is 22.8 Å². The first-order valence-electron chi connectivity index (χ1n) is 6.73. The minimum absolute atomic E-state index is 0.0489. The standard InChI is InChI=1S/C16H17NO3S/c1-2-10-7-8-11-5-3-4-6-12(11)14(10)15(18)17-13(9-21)16(19)20/h3-8,13,21H,2,9H2,1H3,(H,17,18)(H,19,20)/t13-/m0/s1. The molecule has 0 aliphatic carbocycles. The Labute approximate surface area is 128 Å².